The van der Waals surface area contributed by atoms with E-state index in [1.54, 1.807) is 0 Å². The first-order valence-corrected chi connectivity index (χ1v) is 4.64. The molecule has 0 rings (SSSR count). The molecule has 3 nitrogen and oxygen atoms in total. The first-order chi connectivity index (χ1) is 6.87. The van der Waals surface area contributed by atoms with Crippen LogP contribution in [-0.2, 0) is 14.2 Å². The number of hydrogen-bond acceptors (Lipinski definition) is 3. The number of hydrogen-bond donors (Lipinski definition) is 0. The molecule has 15 heavy (non-hydrogen) atoms. The van der Waals surface area contributed by atoms with E-state index in [9.17, 15) is 13.2 Å². The predicted octanol–water partition coefficient (Wildman–Crippen LogP) is 2.01. The standard InChI is InChI=1S/C9H17F3O3/c1-4-15-9(11,12)8(2,10)7-14-6-5-13-3/h4-7H2,1-3H3. The Balaban J connectivity index is 4.03. The van der Waals surface area contributed by atoms with Gasteiger partial charge >= 0.3 is 6.11 Å². The van der Waals surface area contributed by atoms with Gasteiger partial charge in [0.25, 0.3) is 0 Å². The number of rotatable bonds is 8. The molecule has 0 aromatic carbocycles. The van der Waals surface area contributed by atoms with Crippen molar-refractivity contribution in [3.05, 3.63) is 0 Å². The van der Waals surface area contributed by atoms with Crippen LogP contribution in [0.3, 0.4) is 0 Å². The van der Waals surface area contributed by atoms with Crippen molar-refractivity contribution in [1.29, 1.82) is 0 Å². The van der Waals surface area contributed by atoms with Crippen molar-refractivity contribution < 1.29 is 27.4 Å². The lowest BCUT2D eigenvalue weighted by molar-refractivity contribution is -0.312. The highest BCUT2D eigenvalue weighted by Gasteiger charge is 2.52. The van der Waals surface area contributed by atoms with E-state index in [0.717, 1.165) is 6.92 Å². The summed E-state index contributed by atoms with van der Waals surface area (Å²) in [5.41, 5.74) is -2.84. The Bertz CT molecular complexity index is 174. The normalized spacial score (nSPS) is 16.4. The summed E-state index contributed by atoms with van der Waals surface area (Å²) in [7, 11) is 1.44. The Morgan fingerprint density at radius 1 is 1.13 bits per heavy atom. The minimum absolute atomic E-state index is 0.0677. The second-order valence-electron chi connectivity index (χ2n) is 3.19. The van der Waals surface area contributed by atoms with Crippen LogP contribution in [0, 0.1) is 0 Å². The van der Waals surface area contributed by atoms with Gasteiger partial charge in [-0.05, 0) is 13.8 Å². The summed E-state index contributed by atoms with van der Waals surface area (Å²) in [6.07, 6.45) is -3.84. The Kier molecular flexibility index (Phi) is 6.16. The molecule has 0 spiro atoms. The zero-order valence-corrected chi connectivity index (χ0v) is 9.19. The van der Waals surface area contributed by atoms with Crippen molar-refractivity contribution in [1.82, 2.24) is 0 Å². The van der Waals surface area contributed by atoms with Crippen LogP contribution in [0.1, 0.15) is 13.8 Å². The van der Waals surface area contributed by atoms with Gasteiger partial charge in [0, 0.05) is 7.11 Å². The average Bonchev–Trinajstić information content (AvgIpc) is 2.12. The van der Waals surface area contributed by atoms with Gasteiger partial charge in [-0.3, -0.25) is 0 Å². The predicted molar refractivity (Wildman–Crippen MR) is 48.8 cm³/mol. The third-order valence-electron chi connectivity index (χ3n) is 1.74. The maximum absolute atomic E-state index is 13.4. The lowest BCUT2D eigenvalue weighted by Gasteiger charge is -2.28. The van der Waals surface area contributed by atoms with Crippen molar-refractivity contribution in [2.24, 2.45) is 0 Å². The van der Waals surface area contributed by atoms with Crippen molar-refractivity contribution in [3.63, 3.8) is 0 Å². The summed E-state index contributed by atoms with van der Waals surface area (Å²) in [5.74, 6) is 0. The Hall–Kier alpha value is -0.330. The fourth-order valence-corrected chi connectivity index (χ4v) is 0.822. The zero-order chi connectivity index (χ0) is 11.9. The quantitative estimate of drug-likeness (QED) is 0.597. The van der Waals surface area contributed by atoms with Crippen LogP contribution in [0.25, 0.3) is 0 Å². The van der Waals surface area contributed by atoms with Crippen LogP contribution in [-0.4, -0.2) is 45.3 Å². The third-order valence-corrected chi connectivity index (χ3v) is 1.74. The molecule has 0 heterocycles. The maximum atomic E-state index is 13.4. The van der Waals surface area contributed by atoms with E-state index in [4.69, 9.17) is 4.74 Å². The molecule has 0 radical (unpaired) electrons. The monoisotopic (exact) mass is 230 g/mol. The molecular weight excluding hydrogens is 213 g/mol. The SMILES string of the molecule is CCOC(F)(F)C(C)(F)COCCOC. The zero-order valence-electron chi connectivity index (χ0n) is 9.19. The molecule has 0 aliphatic carbocycles. The van der Waals surface area contributed by atoms with Crippen LogP contribution in [0.2, 0.25) is 0 Å². The molecule has 92 valence electrons. The maximum Gasteiger partial charge on any atom is 0.391 e. The highest BCUT2D eigenvalue weighted by molar-refractivity contribution is 4.82. The van der Waals surface area contributed by atoms with E-state index in [1.165, 1.54) is 14.0 Å². The summed E-state index contributed by atoms with van der Waals surface area (Å²) in [6, 6.07) is 0. The second kappa shape index (κ2) is 6.30. The fraction of sp³-hybridized carbons (Fsp3) is 1.00. The number of ether oxygens (including phenoxy) is 3. The summed E-state index contributed by atoms with van der Waals surface area (Å²) < 4.78 is 52.8. The first kappa shape index (κ1) is 14.7. The highest BCUT2D eigenvalue weighted by atomic mass is 19.3. The molecule has 0 aromatic rings. The van der Waals surface area contributed by atoms with Crippen molar-refractivity contribution in [2.75, 3.05) is 33.5 Å². The number of alkyl halides is 3. The minimum Gasteiger partial charge on any atom is -0.382 e. The molecule has 1 atom stereocenters. The van der Waals surface area contributed by atoms with Gasteiger partial charge in [0.1, 0.15) is 0 Å². The Morgan fingerprint density at radius 2 is 1.73 bits per heavy atom. The van der Waals surface area contributed by atoms with Crippen LogP contribution in [0.5, 0.6) is 0 Å². The van der Waals surface area contributed by atoms with Gasteiger partial charge < -0.3 is 14.2 Å². The number of methoxy groups -OCH3 is 1. The van der Waals surface area contributed by atoms with E-state index in [0.29, 0.717) is 0 Å². The minimum atomic E-state index is -3.84. The first-order valence-electron chi connectivity index (χ1n) is 4.64. The Morgan fingerprint density at radius 3 is 2.20 bits per heavy atom. The summed E-state index contributed by atoms with van der Waals surface area (Å²) in [6.45, 7) is 1.42. The van der Waals surface area contributed by atoms with Gasteiger partial charge in [0.2, 0.25) is 5.67 Å². The molecule has 0 aliphatic rings. The molecule has 0 amide bonds. The van der Waals surface area contributed by atoms with Crippen LogP contribution >= 0.6 is 0 Å². The van der Waals surface area contributed by atoms with E-state index in [1.807, 2.05) is 0 Å². The molecule has 0 aliphatic heterocycles. The van der Waals surface area contributed by atoms with E-state index in [-0.39, 0.29) is 19.8 Å². The van der Waals surface area contributed by atoms with Gasteiger partial charge in [-0.15, -0.1) is 0 Å². The summed E-state index contributed by atoms with van der Waals surface area (Å²) in [4.78, 5) is 0. The van der Waals surface area contributed by atoms with E-state index in [2.05, 4.69) is 9.47 Å². The second-order valence-corrected chi connectivity index (χ2v) is 3.19. The van der Waals surface area contributed by atoms with Crippen LogP contribution in [0.15, 0.2) is 0 Å². The molecule has 1 unspecified atom stereocenters. The van der Waals surface area contributed by atoms with Crippen LogP contribution in [0.4, 0.5) is 13.2 Å². The van der Waals surface area contributed by atoms with Gasteiger partial charge in [-0.2, -0.15) is 8.78 Å². The molecule has 0 saturated heterocycles. The van der Waals surface area contributed by atoms with Gasteiger partial charge in [-0.25, -0.2) is 4.39 Å². The number of halogens is 3. The molecule has 0 fully saturated rings. The largest absolute Gasteiger partial charge is 0.391 e. The highest BCUT2D eigenvalue weighted by Crippen LogP contribution is 2.33. The summed E-state index contributed by atoms with van der Waals surface area (Å²) in [5, 5.41) is 0. The van der Waals surface area contributed by atoms with Crippen molar-refractivity contribution in [2.45, 2.75) is 25.6 Å². The smallest absolute Gasteiger partial charge is 0.382 e. The molecule has 6 heteroatoms. The van der Waals surface area contributed by atoms with E-state index < -0.39 is 18.4 Å². The molecular formula is C9H17F3O3. The molecule has 0 aromatic heterocycles. The van der Waals surface area contributed by atoms with E-state index >= 15 is 0 Å². The topological polar surface area (TPSA) is 27.7 Å². The van der Waals surface area contributed by atoms with Gasteiger partial charge in [0.15, 0.2) is 0 Å². The van der Waals surface area contributed by atoms with Crippen molar-refractivity contribution >= 4 is 0 Å². The lowest BCUT2D eigenvalue weighted by atomic mass is 10.1. The third kappa shape index (κ3) is 4.81. The fourth-order valence-electron chi connectivity index (χ4n) is 0.822. The average molecular weight is 230 g/mol. The van der Waals surface area contributed by atoms with Gasteiger partial charge in [-0.1, -0.05) is 0 Å². The molecule has 0 saturated carbocycles. The summed E-state index contributed by atoms with van der Waals surface area (Å²) >= 11 is 0. The van der Waals surface area contributed by atoms with Crippen LogP contribution < -0.4 is 0 Å². The molecule has 0 N–H and O–H groups in total. The van der Waals surface area contributed by atoms with Gasteiger partial charge in [0.05, 0.1) is 26.4 Å². The van der Waals surface area contributed by atoms with Crippen molar-refractivity contribution in [3.8, 4) is 0 Å². The Labute approximate surface area is 87.5 Å². The molecule has 0 bridgehead atoms. The lowest BCUT2D eigenvalue weighted by Crippen LogP contribution is -2.47.